The molecule has 6 aliphatic rings. The molecule has 1 atom stereocenters. The van der Waals surface area contributed by atoms with E-state index >= 15 is 0 Å². The van der Waals surface area contributed by atoms with Gasteiger partial charge >= 0.3 is 6.03 Å². The molecule has 4 amide bonds. The number of hydrogen-bond donors (Lipinski definition) is 2. The number of rotatable bonds is 4. The molecule has 2 saturated heterocycles. The summed E-state index contributed by atoms with van der Waals surface area (Å²) in [5.74, 6) is 2.32. The van der Waals surface area contributed by atoms with Crippen molar-refractivity contribution >= 4 is 29.2 Å². The van der Waals surface area contributed by atoms with Gasteiger partial charge in [0, 0.05) is 31.0 Å². The van der Waals surface area contributed by atoms with Crippen LogP contribution in [0.2, 0.25) is 0 Å². The monoisotopic (exact) mass is 436 g/mol. The van der Waals surface area contributed by atoms with Gasteiger partial charge in [-0.2, -0.15) is 0 Å². The van der Waals surface area contributed by atoms with Crippen molar-refractivity contribution in [2.45, 2.75) is 57.4 Å². The fourth-order valence-corrected chi connectivity index (χ4v) is 7.63. The Labute approximate surface area is 188 Å². The summed E-state index contributed by atoms with van der Waals surface area (Å²) >= 11 is 0. The summed E-state index contributed by atoms with van der Waals surface area (Å²) in [6.07, 6.45) is 8.66. The van der Waals surface area contributed by atoms with Crippen LogP contribution in [0.3, 0.4) is 0 Å². The minimum Gasteiger partial charge on any atom is -0.336 e. The van der Waals surface area contributed by atoms with Gasteiger partial charge in [-0.25, -0.2) is 4.79 Å². The van der Waals surface area contributed by atoms with E-state index in [0.717, 1.165) is 55.5 Å². The van der Waals surface area contributed by atoms with Gasteiger partial charge in [-0.3, -0.25) is 14.5 Å². The maximum atomic E-state index is 13.8. The number of hydrogen-bond acceptors (Lipinski definition) is 3. The third kappa shape index (κ3) is 3.28. The van der Waals surface area contributed by atoms with Crippen LogP contribution in [0, 0.1) is 23.2 Å². The van der Waals surface area contributed by atoms with Gasteiger partial charge in [0.05, 0.1) is 5.41 Å². The fourth-order valence-electron chi connectivity index (χ4n) is 7.63. The molecule has 1 aromatic carbocycles. The molecule has 2 aliphatic heterocycles. The van der Waals surface area contributed by atoms with Gasteiger partial charge in [-0.1, -0.05) is 0 Å². The SMILES string of the molecule is O=C(Nc1ccc(N2CCNC2=O)cc1)C1CCCN1C(=O)C12CC3CC(CC(C3)C1)C2. The predicted octanol–water partition coefficient (Wildman–Crippen LogP) is 3.36. The molecule has 2 heterocycles. The van der Waals surface area contributed by atoms with Crippen LogP contribution in [-0.4, -0.2) is 48.4 Å². The van der Waals surface area contributed by atoms with E-state index in [4.69, 9.17) is 0 Å². The molecular formula is C25H32N4O3. The Kier molecular flexibility index (Phi) is 4.70. The third-order valence-corrected chi connectivity index (χ3v) is 8.61. The number of anilines is 2. The van der Waals surface area contributed by atoms with E-state index in [1.54, 1.807) is 4.90 Å². The van der Waals surface area contributed by atoms with E-state index < -0.39 is 0 Å². The molecule has 4 bridgehead atoms. The standard InChI is InChI=1S/C25H32N4O3/c30-22(27-19-3-5-20(6-4-19)28-9-7-26-24(28)32)21-2-1-8-29(21)23(31)25-13-16-10-17(14-25)12-18(11-16)15-25/h3-6,16-18,21H,1-2,7-15H2,(H,26,32)(H,27,30). The Morgan fingerprint density at radius 1 is 0.969 bits per heavy atom. The summed E-state index contributed by atoms with van der Waals surface area (Å²) in [5, 5.41) is 5.81. The highest BCUT2D eigenvalue weighted by molar-refractivity contribution is 5.99. The zero-order valence-electron chi connectivity index (χ0n) is 18.5. The molecule has 4 aliphatic carbocycles. The highest BCUT2D eigenvalue weighted by Gasteiger charge is 2.56. The first-order valence-corrected chi connectivity index (χ1v) is 12.3. The Balaban J connectivity index is 1.14. The molecule has 6 fully saturated rings. The van der Waals surface area contributed by atoms with Gasteiger partial charge in [-0.15, -0.1) is 0 Å². The maximum Gasteiger partial charge on any atom is 0.321 e. The topological polar surface area (TPSA) is 81.8 Å². The molecule has 0 aromatic heterocycles. The van der Waals surface area contributed by atoms with Gasteiger partial charge in [0.15, 0.2) is 0 Å². The van der Waals surface area contributed by atoms with Crippen LogP contribution >= 0.6 is 0 Å². The van der Waals surface area contributed by atoms with Gasteiger partial charge in [-0.05, 0) is 93.4 Å². The minimum absolute atomic E-state index is 0.0905. The number of benzene rings is 1. The number of amides is 4. The van der Waals surface area contributed by atoms with E-state index in [2.05, 4.69) is 10.6 Å². The lowest BCUT2D eigenvalue weighted by atomic mass is 9.49. The maximum absolute atomic E-state index is 13.8. The van der Waals surface area contributed by atoms with E-state index in [1.165, 1.54) is 19.3 Å². The van der Waals surface area contributed by atoms with Crippen molar-refractivity contribution in [3.05, 3.63) is 24.3 Å². The summed E-state index contributed by atoms with van der Waals surface area (Å²) in [6.45, 7) is 1.99. The molecule has 170 valence electrons. The molecule has 0 radical (unpaired) electrons. The van der Waals surface area contributed by atoms with Crippen LogP contribution in [0.5, 0.6) is 0 Å². The van der Waals surface area contributed by atoms with Crippen LogP contribution in [-0.2, 0) is 9.59 Å². The molecule has 1 unspecified atom stereocenters. The summed E-state index contributed by atoms with van der Waals surface area (Å²) in [7, 11) is 0. The normalized spacial score (nSPS) is 35.3. The highest BCUT2D eigenvalue weighted by Crippen LogP contribution is 2.60. The van der Waals surface area contributed by atoms with Crippen molar-refractivity contribution in [1.29, 1.82) is 0 Å². The van der Waals surface area contributed by atoms with Gasteiger partial charge in [0.25, 0.3) is 0 Å². The minimum atomic E-state index is -0.375. The van der Waals surface area contributed by atoms with Crippen molar-refractivity contribution in [3.8, 4) is 0 Å². The zero-order valence-corrected chi connectivity index (χ0v) is 18.5. The van der Waals surface area contributed by atoms with E-state index in [9.17, 15) is 14.4 Å². The predicted molar refractivity (Wildman–Crippen MR) is 121 cm³/mol. The van der Waals surface area contributed by atoms with Crippen molar-refractivity contribution in [1.82, 2.24) is 10.2 Å². The smallest absolute Gasteiger partial charge is 0.321 e. The average Bonchev–Trinajstić information content (AvgIpc) is 3.42. The largest absolute Gasteiger partial charge is 0.336 e. The summed E-state index contributed by atoms with van der Waals surface area (Å²) in [6, 6.07) is 6.91. The first-order valence-electron chi connectivity index (χ1n) is 12.3. The Bertz CT molecular complexity index is 908. The van der Waals surface area contributed by atoms with Gasteiger partial charge < -0.3 is 15.5 Å². The van der Waals surface area contributed by atoms with Gasteiger partial charge in [0.2, 0.25) is 11.8 Å². The molecule has 7 heteroatoms. The zero-order chi connectivity index (χ0) is 21.9. The Morgan fingerprint density at radius 2 is 1.62 bits per heavy atom. The second-order valence-corrected chi connectivity index (χ2v) is 10.8. The van der Waals surface area contributed by atoms with Crippen LogP contribution in [0.25, 0.3) is 0 Å². The van der Waals surface area contributed by atoms with Gasteiger partial charge in [0.1, 0.15) is 6.04 Å². The van der Waals surface area contributed by atoms with Crippen molar-refractivity contribution < 1.29 is 14.4 Å². The average molecular weight is 437 g/mol. The first-order chi connectivity index (χ1) is 15.5. The second-order valence-electron chi connectivity index (χ2n) is 10.8. The lowest BCUT2D eigenvalue weighted by molar-refractivity contribution is -0.160. The number of nitrogens with one attached hydrogen (secondary N) is 2. The van der Waals surface area contributed by atoms with Crippen molar-refractivity contribution in [3.63, 3.8) is 0 Å². The first kappa shape index (κ1) is 20.1. The molecule has 4 saturated carbocycles. The van der Waals surface area contributed by atoms with Crippen LogP contribution in [0.1, 0.15) is 51.4 Å². The van der Waals surface area contributed by atoms with E-state index in [0.29, 0.717) is 25.3 Å². The molecule has 1 aromatic rings. The summed E-state index contributed by atoms with van der Waals surface area (Å²) in [5.41, 5.74) is 1.32. The molecule has 2 N–H and O–H groups in total. The highest BCUT2D eigenvalue weighted by atomic mass is 16.2. The van der Waals surface area contributed by atoms with Crippen LogP contribution in [0.15, 0.2) is 24.3 Å². The lowest BCUT2D eigenvalue weighted by Crippen LogP contribution is -2.56. The van der Waals surface area contributed by atoms with E-state index in [-0.39, 0.29) is 29.3 Å². The second kappa shape index (κ2) is 7.49. The summed E-state index contributed by atoms with van der Waals surface area (Å²) in [4.78, 5) is 42.4. The molecule has 32 heavy (non-hydrogen) atoms. The number of carbonyl (C=O) groups excluding carboxylic acids is 3. The number of urea groups is 1. The van der Waals surface area contributed by atoms with E-state index in [1.807, 2.05) is 29.2 Å². The quantitative estimate of drug-likeness (QED) is 0.759. The molecule has 0 spiro atoms. The fraction of sp³-hybridized carbons (Fsp3) is 0.640. The van der Waals surface area contributed by atoms with Crippen LogP contribution in [0.4, 0.5) is 16.2 Å². The van der Waals surface area contributed by atoms with Crippen molar-refractivity contribution in [2.24, 2.45) is 23.2 Å². The van der Waals surface area contributed by atoms with Crippen molar-refractivity contribution in [2.75, 3.05) is 29.9 Å². The van der Waals surface area contributed by atoms with Crippen LogP contribution < -0.4 is 15.5 Å². The Morgan fingerprint density at radius 3 is 2.22 bits per heavy atom. The molecule has 7 nitrogen and oxygen atoms in total. The number of carbonyl (C=O) groups is 3. The molecule has 7 rings (SSSR count). The summed E-state index contributed by atoms with van der Waals surface area (Å²) < 4.78 is 0. The molecular weight excluding hydrogens is 404 g/mol. The Hall–Kier alpha value is -2.57. The third-order valence-electron chi connectivity index (χ3n) is 8.61. The lowest BCUT2D eigenvalue weighted by Gasteiger charge is -2.56. The number of likely N-dealkylation sites (tertiary alicyclic amines) is 1. The number of nitrogens with zero attached hydrogens (tertiary/aromatic N) is 2.